The van der Waals surface area contributed by atoms with E-state index in [2.05, 4.69) is 5.32 Å². The average molecular weight is 396 g/mol. The number of methoxy groups -OCH3 is 2. The third kappa shape index (κ3) is 4.77. The zero-order valence-corrected chi connectivity index (χ0v) is 17.2. The van der Waals surface area contributed by atoms with Gasteiger partial charge in [-0.3, -0.25) is 9.59 Å². The van der Waals surface area contributed by atoms with Crippen LogP contribution < -0.4 is 10.1 Å². The van der Waals surface area contributed by atoms with Crippen LogP contribution in [0.15, 0.2) is 48.5 Å². The fourth-order valence-electron chi connectivity index (χ4n) is 3.84. The molecule has 6 heteroatoms. The molecule has 6 nitrogen and oxygen atoms in total. The van der Waals surface area contributed by atoms with Crippen LogP contribution in [0.3, 0.4) is 0 Å². The Kier molecular flexibility index (Phi) is 6.88. The SMILES string of the molecule is COCCNC(=O)[C@H]1CN(C(=O)c2ccccc2C)C[C@@H]1c1cccc(OC)c1. The Morgan fingerprint density at radius 3 is 2.62 bits per heavy atom. The summed E-state index contributed by atoms with van der Waals surface area (Å²) in [5.41, 5.74) is 2.61. The predicted molar refractivity (Wildman–Crippen MR) is 111 cm³/mol. The molecular weight excluding hydrogens is 368 g/mol. The van der Waals surface area contributed by atoms with Crippen LogP contribution in [0.25, 0.3) is 0 Å². The zero-order chi connectivity index (χ0) is 20.8. The van der Waals surface area contributed by atoms with Gasteiger partial charge in [0.2, 0.25) is 5.91 Å². The molecule has 154 valence electrons. The van der Waals surface area contributed by atoms with Crippen molar-refractivity contribution in [3.05, 3.63) is 65.2 Å². The summed E-state index contributed by atoms with van der Waals surface area (Å²) in [7, 11) is 3.22. The molecule has 1 heterocycles. The topological polar surface area (TPSA) is 67.9 Å². The normalized spacial score (nSPS) is 18.5. The van der Waals surface area contributed by atoms with Crippen LogP contribution in [-0.4, -0.2) is 57.2 Å². The molecule has 0 unspecified atom stereocenters. The first-order valence-electron chi connectivity index (χ1n) is 9.80. The Labute approximate surface area is 171 Å². The van der Waals surface area contributed by atoms with Gasteiger partial charge in [0.1, 0.15) is 5.75 Å². The van der Waals surface area contributed by atoms with E-state index in [1.54, 1.807) is 19.1 Å². The number of likely N-dealkylation sites (tertiary alicyclic amines) is 1. The molecule has 0 aliphatic carbocycles. The maximum atomic E-state index is 13.1. The number of benzene rings is 2. The van der Waals surface area contributed by atoms with E-state index >= 15 is 0 Å². The van der Waals surface area contributed by atoms with Gasteiger partial charge in [0.25, 0.3) is 5.91 Å². The van der Waals surface area contributed by atoms with Crippen LogP contribution in [0, 0.1) is 12.8 Å². The molecule has 0 aromatic heterocycles. The van der Waals surface area contributed by atoms with E-state index in [1.807, 2.05) is 55.5 Å². The number of amides is 2. The Morgan fingerprint density at radius 2 is 1.90 bits per heavy atom. The number of hydrogen-bond donors (Lipinski definition) is 1. The Hall–Kier alpha value is -2.86. The first kappa shape index (κ1) is 20.9. The van der Waals surface area contributed by atoms with Crippen molar-refractivity contribution in [1.82, 2.24) is 10.2 Å². The summed E-state index contributed by atoms with van der Waals surface area (Å²) in [6.45, 7) is 3.70. The van der Waals surface area contributed by atoms with E-state index in [-0.39, 0.29) is 23.7 Å². The molecule has 2 atom stereocenters. The fraction of sp³-hybridized carbons (Fsp3) is 0.391. The van der Waals surface area contributed by atoms with Crippen molar-refractivity contribution in [2.75, 3.05) is 40.5 Å². The van der Waals surface area contributed by atoms with Crippen molar-refractivity contribution < 1.29 is 19.1 Å². The standard InChI is InChI=1S/C23H28N2O4/c1-16-7-4-5-10-19(16)23(27)25-14-20(17-8-6-9-18(13-17)29-3)21(15-25)22(26)24-11-12-28-2/h4-10,13,20-21H,11-12,14-15H2,1-3H3,(H,24,26)/t20-,21+/m1/s1. The van der Waals surface area contributed by atoms with E-state index in [1.165, 1.54) is 0 Å². The third-order valence-electron chi connectivity index (χ3n) is 5.45. The highest BCUT2D eigenvalue weighted by atomic mass is 16.5. The van der Waals surface area contributed by atoms with Crippen molar-refractivity contribution in [3.63, 3.8) is 0 Å². The van der Waals surface area contributed by atoms with Gasteiger partial charge in [-0.05, 0) is 36.2 Å². The highest BCUT2D eigenvalue weighted by Gasteiger charge is 2.40. The number of carbonyl (C=O) groups is 2. The second-order valence-corrected chi connectivity index (χ2v) is 7.30. The molecule has 1 saturated heterocycles. The van der Waals surface area contributed by atoms with Gasteiger partial charge in [-0.15, -0.1) is 0 Å². The van der Waals surface area contributed by atoms with Gasteiger partial charge < -0.3 is 19.7 Å². The van der Waals surface area contributed by atoms with Crippen LogP contribution >= 0.6 is 0 Å². The highest BCUT2D eigenvalue weighted by molar-refractivity contribution is 5.96. The molecule has 2 amide bonds. The molecule has 1 aliphatic rings. The van der Waals surface area contributed by atoms with Crippen molar-refractivity contribution in [1.29, 1.82) is 0 Å². The minimum absolute atomic E-state index is 0.0387. The lowest BCUT2D eigenvalue weighted by Crippen LogP contribution is -2.37. The number of nitrogens with one attached hydrogen (secondary N) is 1. The number of aryl methyl sites for hydroxylation is 1. The molecule has 29 heavy (non-hydrogen) atoms. The first-order valence-corrected chi connectivity index (χ1v) is 9.80. The number of hydrogen-bond acceptors (Lipinski definition) is 4. The molecule has 0 bridgehead atoms. The maximum Gasteiger partial charge on any atom is 0.254 e. The van der Waals surface area contributed by atoms with Gasteiger partial charge in [-0.1, -0.05) is 30.3 Å². The molecule has 2 aromatic rings. The average Bonchev–Trinajstić information content (AvgIpc) is 3.19. The summed E-state index contributed by atoms with van der Waals surface area (Å²) in [5.74, 6) is 0.218. The number of carbonyl (C=O) groups excluding carboxylic acids is 2. The van der Waals surface area contributed by atoms with Crippen LogP contribution in [0.1, 0.15) is 27.4 Å². The Balaban J connectivity index is 1.86. The van der Waals surface area contributed by atoms with Gasteiger partial charge in [-0.25, -0.2) is 0 Å². The summed E-state index contributed by atoms with van der Waals surface area (Å²) in [4.78, 5) is 27.8. The Bertz CT molecular complexity index is 867. The van der Waals surface area contributed by atoms with E-state index in [9.17, 15) is 9.59 Å². The van der Waals surface area contributed by atoms with Crippen LogP contribution in [0.5, 0.6) is 5.75 Å². The summed E-state index contributed by atoms with van der Waals surface area (Å²) >= 11 is 0. The van der Waals surface area contributed by atoms with Gasteiger partial charge >= 0.3 is 0 Å². The van der Waals surface area contributed by atoms with Crippen LogP contribution in [0.4, 0.5) is 0 Å². The monoisotopic (exact) mass is 396 g/mol. The van der Waals surface area contributed by atoms with E-state index in [0.717, 1.165) is 16.9 Å². The number of nitrogens with zero attached hydrogens (tertiary/aromatic N) is 1. The smallest absolute Gasteiger partial charge is 0.254 e. The minimum atomic E-state index is -0.327. The van der Waals surface area contributed by atoms with Crippen LogP contribution in [0.2, 0.25) is 0 Å². The largest absolute Gasteiger partial charge is 0.497 e. The lowest BCUT2D eigenvalue weighted by atomic mass is 9.88. The zero-order valence-electron chi connectivity index (χ0n) is 17.2. The molecule has 1 aliphatic heterocycles. The Morgan fingerprint density at radius 1 is 1.10 bits per heavy atom. The van der Waals surface area contributed by atoms with Crippen molar-refractivity contribution >= 4 is 11.8 Å². The summed E-state index contributed by atoms with van der Waals surface area (Å²) in [6, 6.07) is 15.3. The molecule has 0 radical (unpaired) electrons. The molecule has 1 fully saturated rings. The number of rotatable bonds is 7. The lowest BCUT2D eigenvalue weighted by Gasteiger charge is -2.18. The predicted octanol–water partition coefficient (Wildman–Crippen LogP) is 2.62. The second-order valence-electron chi connectivity index (χ2n) is 7.30. The summed E-state index contributed by atoms with van der Waals surface area (Å²) in [6.07, 6.45) is 0. The van der Waals surface area contributed by atoms with E-state index in [4.69, 9.17) is 9.47 Å². The third-order valence-corrected chi connectivity index (χ3v) is 5.45. The molecule has 2 aromatic carbocycles. The van der Waals surface area contributed by atoms with Crippen molar-refractivity contribution in [2.45, 2.75) is 12.8 Å². The quantitative estimate of drug-likeness (QED) is 0.731. The van der Waals surface area contributed by atoms with Gasteiger partial charge in [0.05, 0.1) is 19.6 Å². The van der Waals surface area contributed by atoms with E-state index in [0.29, 0.717) is 31.8 Å². The van der Waals surface area contributed by atoms with Gasteiger partial charge in [-0.2, -0.15) is 0 Å². The molecule has 1 N–H and O–H groups in total. The van der Waals surface area contributed by atoms with Gasteiger partial charge in [0.15, 0.2) is 0 Å². The summed E-state index contributed by atoms with van der Waals surface area (Å²) in [5, 5.41) is 2.93. The van der Waals surface area contributed by atoms with Crippen molar-refractivity contribution in [3.8, 4) is 5.75 Å². The lowest BCUT2D eigenvalue weighted by molar-refractivity contribution is -0.125. The first-order chi connectivity index (χ1) is 14.0. The van der Waals surface area contributed by atoms with E-state index < -0.39 is 0 Å². The minimum Gasteiger partial charge on any atom is -0.497 e. The number of ether oxygens (including phenoxy) is 2. The maximum absolute atomic E-state index is 13.1. The molecule has 3 rings (SSSR count). The molecular formula is C23H28N2O4. The fourth-order valence-corrected chi connectivity index (χ4v) is 3.84. The summed E-state index contributed by atoms with van der Waals surface area (Å²) < 4.78 is 10.4. The molecule has 0 saturated carbocycles. The molecule has 0 spiro atoms. The van der Waals surface area contributed by atoms with Crippen LogP contribution in [-0.2, 0) is 9.53 Å². The second kappa shape index (κ2) is 9.56. The highest BCUT2D eigenvalue weighted by Crippen LogP contribution is 2.35. The van der Waals surface area contributed by atoms with Gasteiger partial charge in [0, 0.05) is 38.2 Å². The van der Waals surface area contributed by atoms with Crippen molar-refractivity contribution in [2.24, 2.45) is 5.92 Å².